The molecule has 2 fully saturated rings. The highest BCUT2D eigenvalue weighted by atomic mass is 32.2. The fourth-order valence-electron chi connectivity index (χ4n) is 2.88. The Morgan fingerprint density at radius 3 is 2.47 bits per heavy atom. The second kappa shape index (κ2) is 4.84. The summed E-state index contributed by atoms with van der Waals surface area (Å²) < 4.78 is 26.5. The van der Waals surface area contributed by atoms with E-state index in [9.17, 15) is 8.42 Å². The monoisotopic (exact) mass is 261 g/mol. The lowest BCUT2D eigenvalue weighted by Crippen LogP contribution is -2.40. The summed E-state index contributed by atoms with van der Waals surface area (Å²) in [5, 5.41) is 2.92. The highest BCUT2D eigenvalue weighted by molar-refractivity contribution is 7.89. The van der Waals surface area contributed by atoms with Crippen molar-refractivity contribution < 1.29 is 8.42 Å². The summed E-state index contributed by atoms with van der Waals surface area (Å²) >= 11 is 0. The van der Waals surface area contributed by atoms with Crippen LogP contribution in [0.2, 0.25) is 0 Å². The van der Waals surface area contributed by atoms with Crippen molar-refractivity contribution in [3.05, 3.63) is 0 Å². The number of likely N-dealkylation sites (N-methyl/N-ethyl adjacent to an activating group) is 1. The predicted octanol–water partition coefficient (Wildman–Crippen LogP) is -0.440. The minimum atomic E-state index is -3.09. The minimum absolute atomic E-state index is 0.212. The van der Waals surface area contributed by atoms with Crippen LogP contribution in [0.4, 0.5) is 0 Å². The first-order chi connectivity index (χ1) is 7.93. The zero-order valence-corrected chi connectivity index (χ0v) is 11.7. The summed E-state index contributed by atoms with van der Waals surface area (Å²) in [6, 6.07) is 0.346. The van der Waals surface area contributed by atoms with Crippen LogP contribution in [0.1, 0.15) is 13.3 Å². The summed E-state index contributed by atoms with van der Waals surface area (Å²) in [4.78, 5) is 2.13. The molecule has 100 valence electrons. The van der Waals surface area contributed by atoms with Crippen molar-refractivity contribution in [2.75, 3.05) is 40.3 Å². The van der Waals surface area contributed by atoms with Crippen LogP contribution in [0.5, 0.6) is 0 Å². The molecule has 3 unspecified atom stereocenters. The number of hydrogen-bond donors (Lipinski definition) is 1. The van der Waals surface area contributed by atoms with Gasteiger partial charge in [0.2, 0.25) is 10.0 Å². The van der Waals surface area contributed by atoms with E-state index in [1.165, 1.54) is 0 Å². The summed E-state index contributed by atoms with van der Waals surface area (Å²) in [7, 11) is 0.951. The second-order valence-corrected chi connectivity index (χ2v) is 7.70. The molecule has 5 nitrogen and oxygen atoms in total. The Morgan fingerprint density at radius 2 is 2.00 bits per heavy atom. The van der Waals surface area contributed by atoms with Crippen molar-refractivity contribution in [3.8, 4) is 0 Å². The maximum Gasteiger partial charge on any atom is 0.218 e. The van der Waals surface area contributed by atoms with E-state index in [2.05, 4.69) is 17.1 Å². The third-order valence-corrected chi connectivity index (χ3v) is 6.26. The lowest BCUT2D eigenvalue weighted by molar-refractivity contribution is 0.263. The van der Waals surface area contributed by atoms with E-state index in [0.717, 1.165) is 13.0 Å². The van der Waals surface area contributed by atoms with Gasteiger partial charge in [-0.15, -0.1) is 0 Å². The van der Waals surface area contributed by atoms with E-state index < -0.39 is 10.0 Å². The molecule has 2 saturated heterocycles. The molecule has 0 radical (unpaired) electrons. The van der Waals surface area contributed by atoms with E-state index in [-0.39, 0.29) is 5.25 Å². The van der Waals surface area contributed by atoms with Crippen molar-refractivity contribution in [2.45, 2.75) is 24.6 Å². The van der Waals surface area contributed by atoms with Crippen LogP contribution in [0.25, 0.3) is 0 Å². The summed E-state index contributed by atoms with van der Waals surface area (Å²) in [6.07, 6.45) is 0.750. The van der Waals surface area contributed by atoms with Gasteiger partial charge < -0.3 is 10.2 Å². The first-order valence-electron chi connectivity index (χ1n) is 6.29. The topological polar surface area (TPSA) is 52.7 Å². The maximum absolute atomic E-state index is 12.4. The van der Waals surface area contributed by atoms with Crippen molar-refractivity contribution in [3.63, 3.8) is 0 Å². The van der Waals surface area contributed by atoms with E-state index in [0.29, 0.717) is 31.6 Å². The molecule has 0 aliphatic carbocycles. The molecule has 0 spiro atoms. The molecular weight excluding hydrogens is 238 g/mol. The lowest BCUT2D eigenvalue weighted by Gasteiger charge is -2.23. The first-order valence-corrected chi connectivity index (χ1v) is 7.79. The first kappa shape index (κ1) is 13.3. The molecule has 2 aliphatic heterocycles. The molecule has 2 rings (SSSR count). The molecular formula is C11H23N3O2S. The van der Waals surface area contributed by atoms with Gasteiger partial charge in [-0.25, -0.2) is 8.42 Å². The Balaban J connectivity index is 2.09. The Morgan fingerprint density at radius 1 is 1.29 bits per heavy atom. The van der Waals surface area contributed by atoms with Gasteiger partial charge in [0, 0.05) is 25.7 Å². The van der Waals surface area contributed by atoms with Gasteiger partial charge in [-0.2, -0.15) is 4.31 Å². The average molecular weight is 261 g/mol. The van der Waals surface area contributed by atoms with Gasteiger partial charge in [-0.05, 0) is 33.0 Å². The molecule has 0 aromatic rings. The highest BCUT2D eigenvalue weighted by Gasteiger charge is 2.41. The van der Waals surface area contributed by atoms with E-state index in [1.54, 1.807) is 4.31 Å². The Hall–Kier alpha value is -0.170. The molecule has 3 atom stereocenters. The highest BCUT2D eigenvalue weighted by Crippen LogP contribution is 2.26. The summed E-state index contributed by atoms with van der Waals surface area (Å²) in [6.45, 7) is 4.88. The number of nitrogens with zero attached hydrogens (tertiary/aromatic N) is 2. The van der Waals surface area contributed by atoms with Crippen molar-refractivity contribution in [2.24, 2.45) is 5.92 Å². The van der Waals surface area contributed by atoms with Gasteiger partial charge in [-0.1, -0.05) is 6.92 Å². The fourth-order valence-corrected chi connectivity index (χ4v) is 4.85. The van der Waals surface area contributed by atoms with E-state index >= 15 is 0 Å². The van der Waals surface area contributed by atoms with Crippen molar-refractivity contribution in [1.82, 2.24) is 14.5 Å². The van der Waals surface area contributed by atoms with Gasteiger partial charge in [-0.3, -0.25) is 0 Å². The van der Waals surface area contributed by atoms with Gasteiger partial charge >= 0.3 is 0 Å². The Labute approximate surface area is 104 Å². The van der Waals surface area contributed by atoms with Crippen LogP contribution in [0.15, 0.2) is 0 Å². The van der Waals surface area contributed by atoms with Crippen LogP contribution < -0.4 is 5.32 Å². The molecule has 1 N–H and O–H groups in total. The average Bonchev–Trinajstić information content (AvgIpc) is 2.84. The largest absolute Gasteiger partial charge is 0.315 e. The van der Waals surface area contributed by atoms with Crippen LogP contribution in [-0.2, 0) is 10.0 Å². The zero-order valence-electron chi connectivity index (χ0n) is 10.9. The van der Waals surface area contributed by atoms with E-state index in [4.69, 9.17) is 0 Å². The number of sulfonamides is 1. The molecule has 0 aromatic heterocycles. The number of hydrogen-bond acceptors (Lipinski definition) is 4. The third-order valence-electron chi connectivity index (χ3n) is 4.00. The van der Waals surface area contributed by atoms with E-state index in [1.807, 2.05) is 14.1 Å². The van der Waals surface area contributed by atoms with Gasteiger partial charge in [0.05, 0.1) is 5.25 Å². The number of nitrogens with one attached hydrogen (secondary N) is 1. The van der Waals surface area contributed by atoms with Crippen LogP contribution in [0, 0.1) is 5.92 Å². The van der Waals surface area contributed by atoms with Crippen LogP contribution in [0.3, 0.4) is 0 Å². The third kappa shape index (κ3) is 2.50. The maximum atomic E-state index is 12.4. The second-order valence-electron chi connectivity index (χ2n) is 5.48. The summed E-state index contributed by atoms with van der Waals surface area (Å²) in [5.74, 6) is 0.411. The van der Waals surface area contributed by atoms with Crippen molar-refractivity contribution in [1.29, 1.82) is 0 Å². The molecule has 2 heterocycles. The van der Waals surface area contributed by atoms with Gasteiger partial charge in [0.15, 0.2) is 0 Å². The SMILES string of the molecule is CC1CN(S(=O)(=O)C2CCNC2)CC1N(C)C. The zero-order chi connectivity index (χ0) is 12.6. The molecule has 0 bridgehead atoms. The molecule has 17 heavy (non-hydrogen) atoms. The van der Waals surface area contributed by atoms with Crippen molar-refractivity contribution >= 4 is 10.0 Å². The predicted molar refractivity (Wildman–Crippen MR) is 68.4 cm³/mol. The molecule has 0 saturated carbocycles. The quantitative estimate of drug-likeness (QED) is 0.748. The molecule has 6 heteroatoms. The Bertz CT molecular complexity index is 363. The standard InChI is InChI=1S/C11H23N3O2S/c1-9-7-14(8-11(9)13(2)3)17(15,16)10-4-5-12-6-10/h9-12H,4-8H2,1-3H3. The van der Waals surface area contributed by atoms with Gasteiger partial charge in [0.25, 0.3) is 0 Å². The number of rotatable bonds is 3. The Kier molecular flexibility index (Phi) is 3.77. The molecule has 0 aromatic carbocycles. The lowest BCUT2D eigenvalue weighted by atomic mass is 10.1. The van der Waals surface area contributed by atoms with Crippen LogP contribution in [-0.4, -0.2) is 69.2 Å². The minimum Gasteiger partial charge on any atom is -0.315 e. The molecule has 2 aliphatic rings. The van der Waals surface area contributed by atoms with Crippen LogP contribution >= 0.6 is 0 Å². The fraction of sp³-hybridized carbons (Fsp3) is 1.00. The molecule has 0 amide bonds. The normalized spacial score (nSPS) is 35.9. The summed E-state index contributed by atoms with van der Waals surface area (Å²) in [5.41, 5.74) is 0. The smallest absolute Gasteiger partial charge is 0.218 e. The van der Waals surface area contributed by atoms with Gasteiger partial charge in [0.1, 0.15) is 0 Å².